The summed E-state index contributed by atoms with van der Waals surface area (Å²) in [5.41, 5.74) is 2.81. The summed E-state index contributed by atoms with van der Waals surface area (Å²) in [5, 5.41) is 4.18. The van der Waals surface area contributed by atoms with E-state index < -0.39 is 0 Å². The summed E-state index contributed by atoms with van der Waals surface area (Å²) in [7, 11) is 4.65. The van der Waals surface area contributed by atoms with E-state index in [1.807, 2.05) is 35.2 Å². The van der Waals surface area contributed by atoms with E-state index in [1.54, 1.807) is 45.6 Å². The summed E-state index contributed by atoms with van der Waals surface area (Å²) in [4.78, 5) is 22.6. The highest BCUT2D eigenvalue weighted by Crippen LogP contribution is 2.41. The van der Waals surface area contributed by atoms with Gasteiger partial charge in [-0.05, 0) is 36.4 Å². The van der Waals surface area contributed by atoms with Crippen LogP contribution < -0.4 is 24.4 Å². The van der Waals surface area contributed by atoms with Gasteiger partial charge in [-0.25, -0.2) is 9.37 Å². The van der Waals surface area contributed by atoms with Crippen LogP contribution in [0.5, 0.6) is 17.2 Å². The minimum atomic E-state index is -0.265. The van der Waals surface area contributed by atoms with Crippen LogP contribution in [0.15, 0.2) is 66.7 Å². The Bertz CT molecular complexity index is 1430. The molecule has 1 N–H and O–H groups in total. The van der Waals surface area contributed by atoms with Crippen molar-refractivity contribution in [3.05, 3.63) is 78.1 Å². The number of methoxy groups -OCH3 is 3. The third-order valence-electron chi connectivity index (χ3n) is 6.64. The first kappa shape index (κ1) is 25.1. The van der Waals surface area contributed by atoms with Crippen LogP contribution in [0.4, 0.5) is 21.6 Å². The second-order valence-corrected chi connectivity index (χ2v) is 8.87. The van der Waals surface area contributed by atoms with Gasteiger partial charge in [0.1, 0.15) is 11.6 Å². The highest BCUT2D eigenvalue weighted by Gasteiger charge is 2.26. The van der Waals surface area contributed by atoms with Crippen molar-refractivity contribution in [2.24, 2.45) is 0 Å². The third-order valence-corrected chi connectivity index (χ3v) is 6.64. The van der Waals surface area contributed by atoms with Gasteiger partial charge < -0.3 is 29.3 Å². The zero-order chi connectivity index (χ0) is 26.6. The number of hydrogen-bond acceptors (Lipinski definition) is 7. The number of halogens is 1. The first-order valence-electron chi connectivity index (χ1n) is 12.3. The molecule has 0 spiro atoms. The molecule has 5 rings (SSSR count). The topological polar surface area (TPSA) is 76.2 Å². The minimum absolute atomic E-state index is 0.114. The lowest BCUT2D eigenvalue weighted by Gasteiger charge is -2.36. The number of anilines is 3. The van der Waals surface area contributed by atoms with Crippen molar-refractivity contribution in [1.29, 1.82) is 0 Å². The SMILES string of the molecule is COc1cc(Nc2nc3ccccc3cc2C(=O)N2CCN(c3ccc(F)cc3)CC2)cc(OC)c1OC. The Morgan fingerprint density at radius 1 is 0.868 bits per heavy atom. The summed E-state index contributed by atoms with van der Waals surface area (Å²) in [5.74, 6) is 1.50. The Morgan fingerprint density at radius 3 is 2.16 bits per heavy atom. The van der Waals surface area contributed by atoms with Crippen LogP contribution in [-0.2, 0) is 0 Å². The van der Waals surface area contributed by atoms with E-state index in [0.717, 1.165) is 16.6 Å². The molecule has 1 amide bonds. The molecule has 4 aromatic rings. The summed E-state index contributed by atoms with van der Waals surface area (Å²) >= 11 is 0. The number of fused-ring (bicyclic) bond motifs is 1. The van der Waals surface area contributed by atoms with Crippen molar-refractivity contribution in [2.45, 2.75) is 0 Å². The van der Waals surface area contributed by atoms with E-state index in [-0.39, 0.29) is 11.7 Å². The molecule has 9 heteroatoms. The number of nitrogens with one attached hydrogen (secondary N) is 1. The number of benzene rings is 3. The van der Waals surface area contributed by atoms with Crippen molar-refractivity contribution in [3.8, 4) is 17.2 Å². The number of aromatic nitrogens is 1. The van der Waals surface area contributed by atoms with Gasteiger partial charge in [-0.3, -0.25) is 4.79 Å². The summed E-state index contributed by atoms with van der Waals surface area (Å²) < 4.78 is 29.7. The van der Waals surface area contributed by atoms with Crippen LogP contribution in [0.2, 0.25) is 0 Å². The smallest absolute Gasteiger partial charge is 0.257 e. The average molecular weight is 517 g/mol. The lowest BCUT2D eigenvalue weighted by molar-refractivity contribution is 0.0747. The fourth-order valence-corrected chi connectivity index (χ4v) is 4.65. The third kappa shape index (κ3) is 5.00. The van der Waals surface area contributed by atoms with Crippen LogP contribution in [0.1, 0.15) is 10.4 Å². The Kier molecular flexibility index (Phi) is 7.17. The maximum atomic E-state index is 13.8. The van der Waals surface area contributed by atoms with Gasteiger partial charge in [0, 0.05) is 55.1 Å². The molecule has 1 aromatic heterocycles. The van der Waals surface area contributed by atoms with Gasteiger partial charge in [0.25, 0.3) is 5.91 Å². The Balaban J connectivity index is 1.44. The van der Waals surface area contributed by atoms with E-state index in [9.17, 15) is 9.18 Å². The number of nitrogens with zero attached hydrogens (tertiary/aromatic N) is 3. The van der Waals surface area contributed by atoms with Crippen molar-refractivity contribution in [3.63, 3.8) is 0 Å². The summed E-state index contributed by atoms with van der Waals surface area (Å²) in [6.45, 7) is 2.36. The highest BCUT2D eigenvalue weighted by atomic mass is 19.1. The van der Waals surface area contributed by atoms with E-state index in [2.05, 4.69) is 10.2 Å². The minimum Gasteiger partial charge on any atom is -0.493 e. The van der Waals surface area contributed by atoms with E-state index in [1.165, 1.54) is 12.1 Å². The number of piperazine rings is 1. The van der Waals surface area contributed by atoms with E-state index in [0.29, 0.717) is 60.5 Å². The fourth-order valence-electron chi connectivity index (χ4n) is 4.65. The van der Waals surface area contributed by atoms with Gasteiger partial charge in [-0.15, -0.1) is 0 Å². The normalized spacial score (nSPS) is 13.4. The average Bonchev–Trinajstić information content (AvgIpc) is 2.96. The van der Waals surface area contributed by atoms with Crippen molar-refractivity contribution < 1.29 is 23.4 Å². The van der Waals surface area contributed by atoms with Crippen LogP contribution in [0, 0.1) is 5.82 Å². The first-order chi connectivity index (χ1) is 18.5. The van der Waals surface area contributed by atoms with Crippen LogP contribution in [-0.4, -0.2) is 63.3 Å². The second kappa shape index (κ2) is 10.8. The molecule has 1 aliphatic rings. The maximum Gasteiger partial charge on any atom is 0.257 e. The number of amides is 1. The van der Waals surface area contributed by atoms with Gasteiger partial charge in [-0.1, -0.05) is 18.2 Å². The lowest BCUT2D eigenvalue weighted by Crippen LogP contribution is -2.49. The quantitative estimate of drug-likeness (QED) is 0.366. The molecule has 1 fully saturated rings. The van der Waals surface area contributed by atoms with Gasteiger partial charge in [0.05, 0.1) is 32.4 Å². The summed E-state index contributed by atoms with van der Waals surface area (Å²) in [6.07, 6.45) is 0. The van der Waals surface area contributed by atoms with E-state index >= 15 is 0 Å². The molecule has 1 aliphatic heterocycles. The zero-order valence-electron chi connectivity index (χ0n) is 21.5. The largest absolute Gasteiger partial charge is 0.493 e. The van der Waals surface area contributed by atoms with Crippen molar-refractivity contribution in [1.82, 2.24) is 9.88 Å². The van der Waals surface area contributed by atoms with Crippen LogP contribution >= 0.6 is 0 Å². The Hall–Kier alpha value is -4.53. The molecule has 1 saturated heterocycles. The molecule has 0 bridgehead atoms. The fraction of sp³-hybridized carbons (Fsp3) is 0.241. The molecule has 196 valence electrons. The van der Waals surface area contributed by atoms with Gasteiger partial charge >= 0.3 is 0 Å². The molecular weight excluding hydrogens is 487 g/mol. The monoisotopic (exact) mass is 516 g/mol. The Labute approximate surface area is 220 Å². The predicted octanol–water partition coefficient (Wildman–Crippen LogP) is 5.11. The van der Waals surface area contributed by atoms with Gasteiger partial charge in [0.2, 0.25) is 5.75 Å². The molecular formula is C29H29FN4O4. The van der Waals surface area contributed by atoms with Gasteiger partial charge in [0.15, 0.2) is 11.5 Å². The van der Waals surface area contributed by atoms with Crippen molar-refractivity contribution >= 4 is 34.0 Å². The predicted molar refractivity (Wildman–Crippen MR) is 146 cm³/mol. The zero-order valence-corrected chi connectivity index (χ0v) is 21.5. The van der Waals surface area contributed by atoms with Crippen molar-refractivity contribution in [2.75, 3.05) is 57.7 Å². The number of ether oxygens (including phenoxy) is 3. The molecule has 3 aromatic carbocycles. The molecule has 0 atom stereocenters. The molecule has 2 heterocycles. The molecule has 0 saturated carbocycles. The molecule has 0 aliphatic carbocycles. The molecule has 0 unspecified atom stereocenters. The number of hydrogen-bond donors (Lipinski definition) is 1. The number of pyridine rings is 1. The molecule has 38 heavy (non-hydrogen) atoms. The van der Waals surface area contributed by atoms with E-state index in [4.69, 9.17) is 19.2 Å². The lowest BCUT2D eigenvalue weighted by atomic mass is 10.1. The first-order valence-corrected chi connectivity index (χ1v) is 12.3. The van der Waals surface area contributed by atoms with Crippen LogP contribution in [0.3, 0.4) is 0 Å². The number of rotatable bonds is 7. The maximum absolute atomic E-state index is 13.8. The standard InChI is InChI=1S/C29H29FN4O4/c1-36-25-17-21(18-26(37-2)27(25)38-3)31-28-23(16-19-6-4-5-7-24(19)32-28)29(35)34-14-12-33(13-15-34)22-10-8-20(30)9-11-22/h4-11,16-18H,12-15H2,1-3H3,(H,31,32). The number of carbonyl (C=O) groups is 1. The van der Waals surface area contributed by atoms with Crippen LogP contribution in [0.25, 0.3) is 10.9 Å². The summed E-state index contributed by atoms with van der Waals surface area (Å²) in [6, 6.07) is 19.5. The number of carbonyl (C=O) groups excluding carboxylic acids is 1. The Morgan fingerprint density at radius 2 is 1.53 bits per heavy atom. The number of para-hydroxylation sites is 1. The molecule has 8 nitrogen and oxygen atoms in total. The highest BCUT2D eigenvalue weighted by molar-refractivity contribution is 6.03. The second-order valence-electron chi connectivity index (χ2n) is 8.87. The molecule has 0 radical (unpaired) electrons. The van der Waals surface area contributed by atoms with Gasteiger partial charge in [-0.2, -0.15) is 0 Å².